The summed E-state index contributed by atoms with van der Waals surface area (Å²) in [6.07, 6.45) is 3.89. The van der Waals surface area contributed by atoms with Crippen molar-refractivity contribution in [3.63, 3.8) is 0 Å². The lowest BCUT2D eigenvalue weighted by Gasteiger charge is -1.98. The van der Waals surface area contributed by atoms with Crippen LogP contribution in [0.1, 0.15) is 20.8 Å². The molecular weight excluding hydrogens is 114 g/mol. The van der Waals surface area contributed by atoms with Crippen LogP contribution in [-0.2, 0) is 4.84 Å². The number of hydrogen-bond donors (Lipinski definition) is 1. The Kier molecular flexibility index (Phi) is 3.80. The minimum Gasteiger partial charge on any atom is -0.416 e. The Morgan fingerprint density at radius 3 is 2.33 bits per heavy atom. The maximum absolute atomic E-state index is 4.91. The molecule has 0 spiro atoms. The highest BCUT2D eigenvalue weighted by atomic mass is 16.6. The molecule has 0 heterocycles. The molecule has 0 bridgehead atoms. The molecule has 2 nitrogen and oxygen atoms in total. The quantitative estimate of drug-likeness (QED) is 0.348. The van der Waals surface area contributed by atoms with Crippen LogP contribution in [0.15, 0.2) is 23.5 Å². The van der Waals surface area contributed by atoms with E-state index in [2.05, 4.69) is 4.84 Å². The molecule has 0 aliphatic carbocycles. The molecule has 0 radical (unpaired) electrons. The number of allylic oxidation sites excluding steroid dienone is 4. The van der Waals surface area contributed by atoms with Crippen molar-refractivity contribution in [2.45, 2.75) is 20.8 Å². The third-order valence-electron chi connectivity index (χ3n) is 1.15. The van der Waals surface area contributed by atoms with Crippen LogP contribution in [0, 0.1) is 0 Å². The van der Waals surface area contributed by atoms with E-state index in [4.69, 9.17) is 5.90 Å². The summed E-state index contributed by atoms with van der Waals surface area (Å²) in [5.74, 6) is 5.67. The van der Waals surface area contributed by atoms with Gasteiger partial charge < -0.3 is 4.84 Å². The fourth-order valence-corrected chi connectivity index (χ4v) is 0.460. The summed E-state index contributed by atoms with van der Waals surface area (Å²) in [5, 5.41) is 0. The van der Waals surface area contributed by atoms with Gasteiger partial charge in [-0.3, -0.25) is 0 Å². The Morgan fingerprint density at radius 2 is 2.00 bits per heavy atom. The van der Waals surface area contributed by atoms with E-state index >= 15 is 0 Å². The van der Waals surface area contributed by atoms with Gasteiger partial charge in [0.1, 0.15) is 5.76 Å². The first-order valence-corrected chi connectivity index (χ1v) is 2.89. The lowest BCUT2D eigenvalue weighted by Crippen LogP contribution is -1.96. The Balaban J connectivity index is 4.10. The average Bonchev–Trinajstić information content (AvgIpc) is 1.87. The van der Waals surface area contributed by atoms with Crippen molar-refractivity contribution in [1.82, 2.24) is 0 Å². The molecule has 0 aromatic carbocycles. The molecule has 0 saturated heterocycles. The van der Waals surface area contributed by atoms with Gasteiger partial charge in [0.15, 0.2) is 0 Å². The Bertz CT molecular complexity index is 136. The normalized spacial score (nSPS) is 13.8. The largest absolute Gasteiger partial charge is 0.416 e. The average molecular weight is 127 g/mol. The van der Waals surface area contributed by atoms with Crippen LogP contribution in [0.5, 0.6) is 0 Å². The maximum atomic E-state index is 4.91. The smallest absolute Gasteiger partial charge is 0.123 e. The second-order valence-corrected chi connectivity index (χ2v) is 1.86. The Labute approximate surface area is 56.0 Å². The first-order chi connectivity index (χ1) is 4.22. The molecule has 0 aliphatic rings. The van der Waals surface area contributed by atoms with Crippen molar-refractivity contribution in [2.75, 3.05) is 0 Å². The molecule has 52 valence electrons. The zero-order valence-corrected chi connectivity index (χ0v) is 6.14. The summed E-state index contributed by atoms with van der Waals surface area (Å²) in [5.41, 5.74) is 1.06. The molecule has 0 rings (SSSR count). The molecule has 0 aliphatic heterocycles. The van der Waals surface area contributed by atoms with Crippen LogP contribution in [0.3, 0.4) is 0 Å². The van der Waals surface area contributed by atoms with Gasteiger partial charge in [0.05, 0.1) is 0 Å². The summed E-state index contributed by atoms with van der Waals surface area (Å²) in [4.78, 5) is 4.49. The Hall–Kier alpha value is -0.760. The fourth-order valence-electron chi connectivity index (χ4n) is 0.460. The standard InChI is InChI=1S/C7H13NO/c1-4-5-6(2)7(3)9-8/h4-5H,8H2,1-3H3/b5-4+,7-6-. The molecule has 0 unspecified atom stereocenters. The van der Waals surface area contributed by atoms with Gasteiger partial charge in [0.2, 0.25) is 0 Å². The fraction of sp³-hybridized carbons (Fsp3) is 0.429. The van der Waals surface area contributed by atoms with Gasteiger partial charge in [-0.15, -0.1) is 0 Å². The van der Waals surface area contributed by atoms with Gasteiger partial charge >= 0.3 is 0 Å². The molecule has 0 amide bonds. The molecule has 9 heavy (non-hydrogen) atoms. The van der Waals surface area contributed by atoms with E-state index in [1.807, 2.05) is 32.9 Å². The third-order valence-corrected chi connectivity index (χ3v) is 1.15. The van der Waals surface area contributed by atoms with Crippen molar-refractivity contribution in [2.24, 2.45) is 5.90 Å². The van der Waals surface area contributed by atoms with Gasteiger partial charge in [-0.25, -0.2) is 0 Å². The zero-order chi connectivity index (χ0) is 7.28. The summed E-state index contributed by atoms with van der Waals surface area (Å²) in [6, 6.07) is 0. The SMILES string of the molecule is C/C=C/C(C)=C(/C)ON. The second-order valence-electron chi connectivity index (χ2n) is 1.86. The number of hydrogen-bond acceptors (Lipinski definition) is 2. The molecule has 2 heteroatoms. The van der Waals surface area contributed by atoms with Crippen molar-refractivity contribution in [3.8, 4) is 0 Å². The van der Waals surface area contributed by atoms with Gasteiger partial charge in [-0.05, 0) is 26.3 Å². The highest BCUT2D eigenvalue weighted by Crippen LogP contribution is 2.02. The van der Waals surface area contributed by atoms with Crippen LogP contribution in [0.25, 0.3) is 0 Å². The summed E-state index contributed by atoms with van der Waals surface area (Å²) >= 11 is 0. The van der Waals surface area contributed by atoms with Crippen LogP contribution in [0.4, 0.5) is 0 Å². The van der Waals surface area contributed by atoms with Gasteiger partial charge in [0.25, 0.3) is 0 Å². The lowest BCUT2D eigenvalue weighted by atomic mass is 10.2. The van der Waals surface area contributed by atoms with E-state index in [0.29, 0.717) is 0 Å². The zero-order valence-electron chi connectivity index (χ0n) is 6.14. The van der Waals surface area contributed by atoms with E-state index in [1.165, 1.54) is 0 Å². The van der Waals surface area contributed by atoms with E-state index in [1.54, 1.807) is 0 Å². The minimum absolute atomic E-state index is 0.758. The molecule has 0 aromatic rings. The molecule has 0 fully saturated rings. The summed E-state index contributed by atoms with van der Waals surface area (Å²) < 4.78 is 0. The van der Waals surface area contributed by atoms with Crippen molar-refractivity contribution >= 4 is 0 Å². The lowest BCUT2D eigenvalue weighted by molar-refractivity contribution is 0.220. The molecule has 0 atom stereocenters. The highest BCUT2D eigenvalue weighted by Gasteiger charge is 1.88. The topological polar surface area (TPSA) is 35.2 Å². The second kappa shape index (κ2) is 4.15. The van der Waals surface area contributed by atoms with E-state index in [9.17, 15) is 0 Å². The third kappa shape index (κ3) is 2.93. The summed E-state index contributed by atoms with van der Waals surface area (Å²) in [6.45, 7) is 5.73. The van der Waals surface area contributed by atoms with Crippen LogP contribution < -0.4 is 5.90 Å². The molecule has 0 saturated carbocycles. The maximum Gasteiger partial charge on any atom is 0.123 e. The summed E-state index contributed by atoms with van der Waals surface area (Å²) in [7, 11) is 0. The van der Waals surface area contributed by atoms with E-state index in [-0.39, 0.29) is 0 Å². The van der Waals surface area contributed by atoms with Crippen molar-refractivity contribution in [1.29, 1.82) is 0 Å². The van der Waals surface area contributed by atoms with Crippen LogP contribution in [0.2, 0.25) is 0 Å². The molecule has 2 N–H and O–H groups in total. The number of nitrogens with two attached hydrogens (primary N) is 1. The minimum atomic E-state index is 0.758. The van der Waals surface area contributed by atoms with Crippen LogP contribution in [-0.4, -0.2) is 0 Å². The predicted molar refractivity (Wildman–Crippen MR) is 38.5 cm³/mol. The monoisotopic (exact) mass is 127 g/mol. The van der Waals surface area contributed by atoms with Crippen molar-refractivity contribution < 1.29 is 4.84 Å². The van der Waals surface area contributed by atoms with Gasteiger partial charge in [-0.2, -0.15) is 5.90 Å². The Morgan fingerprint density at radius 1 is 1.44 bits per heavy atom. The van der Waals surface area contributed by atoms with Crippen molar-refractivity contribution in [3.05, 3.63) is 23.5 Å². The number of rotatable bonds is 2. The highest BCUT2D eigenvalue weighted by molar-refractivity contribution is 5.17. The van der Waals surface area contributed by atoms with E-state index < -0.39 is 0 Å². The molecular formula is C7H13NO. The molecule has 0 aromatic heterocycles. The van der Waals surface area contributed by atoms with E-state index in [0.717, 1.165) is 11.3 Å². The predicted octanol–water partition coefficient (Wildman–Crippen LogP) is 1.75. The van der Waals surface area contributed by atoms with Crippen LogP contribution >= 0.6 is 0 Å². The van der Waals surface area contributed by atoms with Gasteiger partial charge in [-0.1, -0.05) is 12.2 Å². The first-order valence-electron chi connectivity index (χ1n) is 2.89. The first kappa shape index (κ1) is 8.24. The van der Waals surface area contributed by atoms with Gasteiger partial charge in [0, 0.05) is 0 Å².